The number of benzene rings is 1. The van der Waals surface area contributed by atoms with Crippen LogP contribution in [0, 0.1) is 18.3 Å². The van der Waals surface area contributed by atoms with Crippen molar-refractivity contribution in [1.82, 2.24) is 4.90 Å². The first-order chi connectivity index (χ1) is 8.51. The van der Waals surface area contributed by atoms with Crippen LogP contribution in [0.4, 0.5) is 5.69 Å². The van der Waals surface area contributed by atoms with E-state index < -0.39 is 0 Å². The Bertz CT molecular complexity index is 478. The number of rotatable bonds is 4. The first-order valence-corrected chi connectivity index (χ1v) is 5.72. The third-order valence-corrected chi connectivity index (χ3v) is 2.93. The number of anilines is 1. The smallest absolute Gasteiger partial charge is 0.256 e. The highest BCUT2D eigenvalue weighted by atomic mass is 16.2. The first kappa shape index (κ1) is 14.0. The van der Waals surface area contributed by atoms with Gasteiger partial charge < -0.3 is 10.3 Å². The van der Waals surface area contributed by atoms with Gasteiger partial charge in [0.25, 0.3) is 5.91 Å². The van der Waals surface area contributed by atoms with Crippen LogP contribution in [0.15, 0.2) is 18.2 Å². The summed E-state index contributed by atoms with van der Waals surface area (Å²) in [5.74, 6) is 5.26. The highest BCUT2D eigenvalue weighted by Gasteiger charge is 2.19. The third-order valence-electron chi connectivity index (χ3n) is 2.93. The van der Waals surface area contributed by atoms with Gasteiger partial charge in [-0.05, 0) is 26.0 Å². The summed E-state index contributed by atoms with van der Waals surface area (Å²) < 4.78 is 0. The zero-order valence-electron chi connectivity index (χ0n) is 10.9. The molecule has 96 valence electrons. The van der Waals surface area contributed by atoms with Crippen molar-refractivity contribution < 1.29 is 4.79 Å². The molecule has 1 rings (SSSR count). The largest absolute Gasteiger partial charge is 0.338 e. The second-order valence-electron chi connectivity index (χ2n) is 4.32. The molecular weight excluding hydrogens is 228 g/mol. The van der Waals surface area contributed by atoms with Crippen LogP contribution in [0.5, 0.6) is 0 Å². The molecule has 1 aromatic carbocycles. The highest BCUT2D eigenvalue weighted by molar-refractivity contribution is 5.99. The minimum Gasteiger partial charge on any atom is -0.338 e. The van der Waals surface area contributed by atoms with E-state index in [-0.39, 0.29) is 11.9 Å². The van der Waals surface area contributed by atoms with Gasteiger partial charge in [-0.3, -0.25) is 10.6 Å². The molecule has 0 fully saturated rings. The van der Waals surface area contributed by atoms with Crippen LogP contribution in [0.2, 0.25) is 0 Å². The average Bonchev–Trinajstić information content (AvgIpc) is 2.37. The Morgan fingerprint density at radius 3 is 2.83 bits per heavy atom. The van der Waals surface area contributed by atoms with Crippen molar-refractivity contribution in [1.29, 1.82) is 5.26 Å². The van der Waals surface area contributed by atoms with Gasteiger partial charge in [-0.15, -0.1) is 0 Å². The van der Waals surface area contributed by atoms with Crippen molar-refractivity contribution in [3.05, 3.63) is 29.3 Å². The first-order valence-electron chi connectivity index (χ1n) is 5.72. The second-order valence-corrected chi connectivity index (χ2v) is 4.32. The van der Waals surface area contributed by atoms with Crippen molar-refractivity contribution in [2.75, 3.05) is 12.5 Å². The van der Waals surface area contributed by atoms with E-state index in [1.165, 1.54) is 0 Å². The number of hydrogen-bond acceptors (Lipinski definition) is 4. The van der Waals surface area contributed by atoms with E-state index in [4.69, 9.17) is 11.1 Å². The highest BCUT2D eigenvalue weighted by Crippen LogP contribution is 2.19. The molecule has 5 heteroatoms. The fourth-order valence-electron chi connectivity index (χ4n) is 1.62. The summed E-state index contributed by atoms with van der Waals surface area (Å²) in [5, 5.41) is 8.66. The minimum absolute atomic E-state index is 0.131. The predicted octanol–water partition coefficient (Wildman–Crippen LogP) is 1.65. The Morgan fingerprint density at radius 1 is 1.61 bits per heavy atom. The molecule has 0 radical (unpaired) electrons. The molecule has 0 aromatic heterocycles. The summed E-state index contributed by atoms with van der Waals surface area (Å²) in [5.41, 5.74) is 4.61. The summed E-state index contributed by atoms with van der Waals surface area (Å²) in [6.45, 7) is 3.75. The average molecular weight is 246 g/mol. The molecule has 0 heterocycles. The van der Waals surface area contributed by atoms with Crippen molar-refractivity contribution >= 4 is 11.6 Å². The lowest BCUT2D eigenvalue weighted by atomic mass is 10.1. The number of hydrogen-bond donors (Lipinski definition) is 2. The van der Waals surface area contributed by atoms with E-state index in [9.17, 15) is 4.79 Å². The minimum atomic E-state index is -0.144. The number of hydrazine groups is 1. The molecule has 3 N–H and O–H groups in total. The van der Waals surface area contributed by atoms with Crippen LogP contribution in [0.1, 0.15) is 29.3 Å². The molecule has 18 heavy (non-hydrogen) atoms. The van der Waals surface area contributed by atoms with E-state index in [1.54, 1.807) is 24.1 Å². The molecule has 1 unspecified atom stereocenters. The summed E-state index contributed by atoms with van der Waals surface area (Å²) in [6.07, 6.45) is 0.305. The normalized spacial score (nSPS) is 11.5. The van der Waals surface area contributed by atoms with Gasteiger partial charge in [0.1, 0.15) is 0 Å². The lowest BCUT2D eigenvalue weighted by Gasteiger charge is -2.24. The van der Waals surface area contributed by atoms with Gasteiger partial charge in [-0.1, -0.05) is 11.6 Å². The van der Waals surface area contributed by atoms with Crippen LogP contribution >= 0.6 is 0 Å². The molecule has 0 bridgehead atoms. The van der Waals surface area contributed by atoms with Crippen LogP contribution in [0.25, 0.3) is 0 Å². The van der Waals surface area contributed by atoms with Crippen molar-refractivity contribution in [2.45, 2.75) is 26.3 Å². The standard InChI is InChI=1S/C13H18N4O/c1-9-4-5-12(16-15)11(8-9)13(18)17(3)10(2)6-7-14/h4-5,8,10,16H,6,15H2,1-3H3. The van der Waals surface area contributed by atoms with Crippen LogP contribution in [-0.2, 0) is 0 Å². The van der Waals surface area contributed by atoms with Gasteiger partial charge in [-0.25, -0.2) is 0 Å². The van der Waals surface area contributed by atoms with Crippen LogP contribution in [0.3, 0.4) is 0 Å². The SMILES string of the molecule is Cc1ccc(NN)c(C(=O)N(C)C(C)CC#N)c1. The quantitative estimate of drug-likeness (QED) is 0.625. The molecule has 0 aliphatic rings. The van der Waals surface area contributed by atoms with Crippen molar-refractivity contribution in [3.63, 3.8) is 0 Å². The maximum Gasteiger partial charge on any atom is 0.256 e. The summed E-state index contributed by atoms with van der Waals surface area (Å²) >= 11 is 0. The Hall–Kier alpha value is -2.06. The van der Waals surface area contributed by atoms with E-state index in [2.05, 4.69) is 11.5 Å². The number of carbonyl (C=O) groups is 1. The summed E-state index contributed by atoms with van der Waals surface area (Å²) in [4.78, 5) is 13.9. The van der Waals surface area contributed by atoms with Gasteiger partial charge in [0.05, 0.1) is 23.7 Å². The Kier molecular flexibility index (Phi) is 4.69. The Balaban J connectivity index is 3.03. The number of nitrogens with two attached hydrogens (primary N) is 1. The molecule has 1 amide bonds. The van der Waals surface area contributed by atoms with E-state index in [0.717, 1.165) is 5.56 Å². The second kappa shape index (κ2) is 6.03. The van der Waals surface area contributed by atoms with E-state index in [0.29, 0.717) is 17.7 Å². The Labute approximate surface area is 107 Å². The number of amides is 1. The van der Waals surface area contributed by atoms with Crippen LogP contribution in [-0.4, -0.2) is 23.9 Å². The maximum atomic E-state index is 12.3. The molecule has 1 aromatic rings. The lowest BCUT2D eigenvalue weighted by molar-refractivity contribution is 0.0747. The van der Waals surface area contributed by atoms with Crippen molar-refractivity contribution in [3.8, 4) is 6.07 Å². The number of nitrogens with zero attached hydrogens (tertiary/aromatic N) is 2. The van der Waals surface area contributed by atoms with Gasteiger partial charge in [0.2, 0.25) is 0 Å². The Morgan fingerprint density at radius 2 is 2.28 bits per heavy atom. The van der Waals surface area contributed by atoms with Gasteiger partial charge in [0, 0.05) is 13.1 Å². The summed E-state index contributed by atoms with van der Waals surface area (Å²) in [6, 6.07) is 7.36. The van der Waals surface area contributed by atoms with Gasteiger partial charge >= 0.3 is 0 Å². The predicted molar refractivity (Wildman–Crippen MR) is 70.8 cm³/mol. The zero-order chi connectivity index (χ0) is 13.7. The maximum absolute atomic E-state index is 12.3. The van der Waals surface area contributed by atoms with Crippen LogP contribution < -0.4 is 11.3 Å². The molecule has 5 nitrogen and oxygen atoms in total. The number of nitriles is 1. The van der Waals surface area contributed by atoms with E-state index >= 15 is 0 Å². The third kappa shape index (κ3) is 2.99. The number of aryl methyl sites for hydroxylation is 1. The molecule has 0 spiro atoms. The van der Waals surface area contributed by atoms with E-state index in [1.807, 2.05) is 19.9 Å². The molecule has 1 atom stereocenters. The number of nitrogens with one attached hydrogen (secondary N) is 1. The van der Waals surface area contributed by atoms with Gasteiger partial charge in [-0.2, -0.15) is 5.26 Å². The van der Waals surface area contributed by atoms with Crippen molar-refractivity contribution in [2.24, 2.45) is 5.84 Å². The molecule has 0 saturated carbocycles. The lowest BCUT2D eigenvalue weighted by Crippen LogP contribution is -2.35. The molecular formula is C13H18N4O. The molecule has 0 aliphatic heterocycles. The topological polar surface area (TPSA) is 82.2 Å². The fraction of sp³-hybridized carbons (Fsp3) is 0.385. The summed E-state index contributed by atoms with van der Waals surface area (Å²) in [7, 11) is 1.69. The molecule has 0 aliphatic carbocycles. The monoisotopic (exact) mass is 246 g/mol. The fourth-order valence-corrected chi connectivity index (χ4v) is 1.62. The zero-order valence-corrected chi connectivity index (χ0v) is 10.9. The van der Waals surface area contributed by atoms with Gasteiger partial charge in [0.15, 0.2) is 0 Å². The molecule has 0 saturated heterocycles. The number of nitrogen functional groups attached to an aromatic ring is 1. The number of carbonyl (C=O) groups excluding carboxylic acids is 1.